The highest BCUT2D eigenvalue weighted by atomic mass is 16.6. The largest absolute Gasteiger partial charge is 0.481 e. The predicted molar refractivity (Wildman–Crippen MR) is 449 cm³/mol. The van der Waals surface area contributed by atoms with Crippen molar-refractivity contribution in [1.29, 1.82) is 0 Å². The van der Waals surface area contributed by atoms with Gasteiger partial charge in [0.1, 0.15) is 59.0 Å². The molecule has 3 N–H and O–H groups in total. The van der Waals surface area contributed by atoms with Gasteiger partial charge in [-0.05, 0) is 193 Å². The predicted octanol–water partition coefficient (Wildman–Crippen LogP) is 17.8. The molecular weight excluding hydrogens is 1550 g/mol. The number of carbonyl (C=O) groups is 11. The summed E-state index contributed by atoms with van der Waals surface area (Å²) in [6.45, 7) is 16.4. The monoisotopic (exact) mass is 1660 g/mol. The Bertz CT molecular complexity index is 4680. The van der Waals surface area contributed by atoms with Gasteiger partial charge < -0.3 is 58.0 Å². The van der Waals surface area contributed by atoms with Crippen LogP contribution in [0.15, 0.2) is 212 Å². The number of rotatable bonds is 48. The van der Waals surface area contributed by atoms with Gasteiger partial charge in [-0.25, -0.2) is 0 Å². The van der Waals surface area contributed by atoms with E-state index in [0.717, 1.165) is 0 Å². The third-order valence-corrected chi connectivity index (χ3v) is 23.5. The summed E-state index contributed by atoms with van der Waals surface area (Å²) < 4.78 is 55.9. The van der Waals surface area contributed by atoms with Crippen molar-refractivity contribution < 1.29 is 111 Å². The Kier molecular flexibility index (Phi) is 32.1. The van der Waals surface area contributed by atoms with Crippen LogP contribution in [0.4, 0.5) is 0 Å². The highest BCUT2D eigenvalue weighted by Crippen LogP contribution is 2.58. The van der Waals surface area contributed by atoms with Gasteiger partial charge in [0.15, 0.2) is 0 Å². The molecule has 8 rings (SSSR count). The number of hydrogen-bond acceptors (Lipinski definition) is 20. The second kappa shape index (κ2) is 40.8. The minimum Gasteiger partial charge on any atom is -0.481 e. The number of aliphatic carboxylic acids is 3. The molecule has 0 radical (unpaired) electrons. The minimum absolute atomic E-state index is 0.114. The van der Waals surface area contributed by atoms with Crippen LogP contribution in [0.25, 0.3) is 0 Å². The van der Waals surface area contributed by atoms with Gasteiger partial charge in [0.25, 0.3) is 0 Å². The lowest BCUT2D eigenvalue weighted by Gasteiger charge is -2.47. The van der Waals surface area contributed by atoms with Crippen LogP contribution >= 0.6 is 0 Å². The van der Waals surface area contributed by atoms with E-state index in [2.05, 4.69) is 0 Å². The molecule has 11 unspecified atom stereocenters. The first-order chi connectivity index (χ1) is 57.0. The van der Waals surface area contributed by atoms with Crippen LogP contribution in [-0.4, -0.2) is 100 Å². The third-order valence-electron chi connectivity index (χ3n) is 23.5. The molecule has 121 heavy (non-hydrogen) atoms. The Morgan fingerprint density at radius 1 is 0.256 bits per heavy atom. The molecule has 1 heterocycles. The molecule has 7 aromatic rings. The van der Waals surface area contributed by atoms with Crippen LogP contribution in [0.2, 0.25) is 0 Å². The molecule has 0 aliphatic carbocycles. The lowest BCUT2D eigenvalue weighted by Crippen LogP contribution is -2.51. The minimum atomic E-state index is -2.27. The average molecular weight is 1660 g/mol. The molecular formula is C98H118O23. The fraction of sp³-hybridized carbons (Fsp3) is 0.459. The van der Waals surface area contributed by atoms with E-state index < -0.39 is 202 Å². The fourth-order valence-electron chi connectivity index (χ4n) is 17.8. The summed E-state index contributed by atoms with van der Waals surface area (Å²) in [6.07, 6.45) is -6.96. The number of epoxide rings is 1. The van der Waals surface area contributed by atoms with E-state index in [1.54, 1.807) is 227 Å². The van der Waals surface area contributed by atoms with Crippen molar-refractivity contribution in [3.63, 3.8) is 0 Å². The van der Waals surface area contributed by atoms with E-state index in [1.165, 1.54) is 69.2 Å². The molecule has 11 atom stereocenters. The highest BCUT2D eigenvalue weighted by Gasteiger charge is 2.62. The van der Waals surface area contributed by atoms with Gasteiger partial charge >= 0.3 is 65.7 Å². The Morgan fingerprint density at radius 3 is 0.603 bits per heavy atom. The molecule has 0 amide bonds. The standard InChI is InChI=1S/C98H118O23/c1-14-89(4,80(105)114-50-69-36-22-15-23-37-69)60-92(7,81(106)115-51-70-38-24-16-25-39-70)63-94(9,82(107)116-52-71-40-26-17-27-41-71)65-96(11,84(109)118-54-73-44-30-19-31-45-73)67-98(13,86(111)120-56-75-48-34-21-35-49-75)68-97(12,85(110)119-55-74-46-32-20-33-47-74)66-95(10,83(108)117-53-72-42-28-18-29-43-72)64-93(8,87(112)121-58-76-57-113-76)62-91(6,79(103)104)61-90(5,78(101)102)59-88(2,3)77(99)100/h15-49,76H,14,50-68H2,1-13H3,(H,99,100)(H,101,102)(H,103,104). The second-order valence-corrected chi connectivity index (χ2v) is 36.5. The lowest BCUT2D eigenvalue weighted by molar-refractivity contribution is -0.178. The Labute approximate surface area is 709 Å². The van der Waals surface area contributed by atoms with Crippen LogP contribution in [0, 0.1) is 59.6 Å². The Hall–Kier alpha value is -11.3. The average Bonchev–Trinajstić information content (AvgIpc) is 1.45. The van der Waals surface area contributed by atoms with Gasteiger partial charge in [-0.1, -0.05) is 219 Å². The van der Waals surface area contributed by atoms with Crippen molar-refractivity contribution in [2.24, 2.45) is 59.6 Å². The number of benzene rings is 7. The number of ether oxygens (including phenoxy) is 9. The maximum absolute atomic E-state index is 16.6. The molecule has 648 valence electrons. The first kappa shape index (κ1) is 95.1. The molecule has 0 spiro atoms. The van der Waals surface area contributed by atoms with E-state index >= 15 is 33.6 Å². The van der Waals surface area contributed by atoms with Crippen molar-refractivity contribution in [2.45, 2.75) is 213 Å². The Balaban J connectivity index is 1.37. The number of carboxylic acids is 3. The highest BCUT2D eigenvalue weighted by molar-refractivity contribution is 5.88. The molecule has 1 aliphatic heterocycles. The summed E-state index contributed by atoms with van der Waals surface area (Å²) in [6, 6.07) is 61.2. The third kappa shape index (κ3) is 26.3. The first-order valence-electron chi connectivity index (χ1n) is 40.9. The summed E-state index contributed by atoms with van der Waals surface area (Å²) in [5, 5.41) is 33.0. The van der Waals surface area contributed by atoms with Crippen LogP contribution in [0.3, 0.4) is 0 Å². The molecule has 23 heteroatoms. The number of carboxylic acid groups (broad SMARTS) is 3. The van der Waals surface area contributed by atoms with Gasteiger partial charge in [-0.15, -0.1) is 0 Å². The van der Waals surface area contributed by atoms with Crippen LogP contribution in [0.5, 0.6) is 0 Å². The molecule has 0 aromatic heterocycles. The molecule has 7 aromatic carbocycles. The molecule has 0 saturated carbocycles. The second-order valence-electron chi connectivity index (χ2n) is 36.5. The van der Waals surface area contributed by atoms with Crippen molar-refractivity contribution in [3.05, 3.63) is 251 Å². The lowest BCUT2D eigenvalue weighted by atomic mass is 9.56. The summed E-state index contributed by atoms with van der Waals surface area (Å²) in [7, 11) is 0. The maximum Gasteiger partial charge on any atom is 0.312 e. The summed E-state index contributed by atoms with van der Waals surface area (Å²) >= 11 is 0. The molecule has 1 aliphatic rings. The van der Waals surface area contributed by atoms with Crippen molar-refractivity contribution >= 4 is 65.7 Å². The fourth-order valence-corrected chi connectivity index (χ4v) is 17.8. The van der Waals surface area contributed by atoms with Crippen LogP contribution in [-0.2, 0) is 142 Å². The van der Waals surface area contributed by atoms with Gasteiger partial charge in [-0.3, -0.25) is 52.7 Å². The van der Waals surface area contributed by atoms with E-state index in [4.69, 9.17) is 42.6 Å². The normalized spacial score (nSPS) is 17.6. The first-order valence-corrected chi connectivity index (χ1v) is 40.9. The van der Waals surface area contributed by atoms with E-state index in [1.807, 2.05) is 6.07 Å². The van der Waals surface area contributed by atoms with Crippen molar-refractivity contribution in [2.75, 3.05) is 13.2 Å². The zero-order chi connectivity index (χ0) is 88.7. The van der Waals surface area contributed by atoms with Crippen LogP contribution < -0.4 is 0 Å². The number of esters is 8. The van der Waals surface area contributed by atoms with Crippen molar-refractivity contribution in [1.82, 2.24) is 0 Å². The summed E-state index contributed by atoms with van der Waals surface area (Å²) in [4.78, 5) is 169. The zero-order valence-electron chi connectivity index (χ0n) is 71.9. The quantitative estimate of drug-likeness (QED) is 0.0181. The van der Waals surface area contributed by atoms with Gasteiger partial charge in [-0.2, -0.15) is 0 Å². The number of carbonyl (C=O) groups excluding carboxylic acids is 8. The van der Waals surface area contributed by atoms with Crippen LogP contribution in [0.1, 0.15) is 200 Å². The van der Waals surface area contributed by atoms with Gasteiger partial charge in [0.2, 0.25) is 0 Å². The molecule has 1 saturated heterocycles. The number of hydrogen-bond donors (Lipinski definition) is 3. The summed E-state index contributed by atoms with van der Waals surface area (Å²) in [5.74, 6) is -12.1. The maximum atomic E-state index is 16.6. The molecule has 23 nitrogen and oxygen atoms in total. The van der Waals surface area contributed by atoms with E-state index in [-0.39, 0.29) is 59.1 Å². The Morgan fingerprint density at radius 2 is 0.421 bits per heavy atom. The zero-order valence-corrected chi connectivity index (χ0v) is 71.9. The van der Waals surface area contributed by atoms with E-state index in [0.29, 0.717) is 38.9 Å². The van der Waals surface area contributed by atoms with Gasteiger partial charge in [0, 0.05) is 0 Å². The van der Waals surface area contributed by atoms with Crippen molar-refractivity contribution in [3.8, 4) is 0 Å². The SMILES string of the molecule is CCC(C)(CC(C)(CC(C)(CC(C)(CC(C)(CC(C)(CC(C)(CC(C)(CC(C)(CC(C)(CC(C)(C)C(=O)O)C(=O)O)C(=O)O)C(=O)OCC1CO1)C(=O)OCc1ccccc1)C(=O)OCc1ccccc1)C(=O)OCc1ccccc1)C(=O)OCc1ccccc1)C(=O)OCc1ccccc1)C(=O)OCc1ccccc1)C(=O)OCc1ccccc1. The van der Waals surface area contributed by atoms with E-state index in [9.17, 15) is 34.5 Å². The topological polar surface area (TPSA) is 335 Å². The summed E-state index contributed by atoms with van der Waals surface area (Å²) in [5.41, 5.74) is -18.7. The smallest absolute Gasteiger partial charge is 0.312 e. The van der Waals surface area contributed by atoms with Gasteiger partial charge in [0.05, 0.1) is 66.2 Å². The molecule has 1 fully saturated rings. The molecule has 0 bridgehead atoms.